The number of halogens is 3. The molecule has 0 bridgehead atoms. The van der Waals surface area contributed by atoms with Crippen LogP contribution in [0.2, 0.25) is 0 Å². The Bertz CT molecular complexity index is 316. The van der Waals surface area contributed by atoms with Gasteiger partial charge in [0.25, 0.3) is 0 Å². The van der Waals surface area contributed by atoms with E-state index < -0.39 is 12.7 Å². The molecule has 1 aromatic heterocycles. The van der Waals surface area contributed by atoms with Gasteiger partial charge in [0.05, 0.1) is 0 Å². The van der Waals surface area contributed by atoms with Gasteiger partial charge in [-0.25, -0.2) is 0 Å². The van der Waals surface area contributed by atoms with Gasteiger partial charge in [0.2, 0.25) is 0 Å². The van der Waals surface area contributed by atoms with Crippen molar-refractivity contribution >= 4 is 6.29 Å². The van der Waals surface area contributed by atoms with Crippen LogP contribution in [0.1, 0.15) is 16.1 Å². The molecule has 72 valence electrons. The Morgan fingerprint density at radius 1 is 1.62 bits per heavy atom. The molecule has 0 saturated carbocycles. The molecule has 0 amide bonds. The number of hydrogen-bond donors (Lipinski definition) is 0. The van der Waals surface area contributed by atoms with E-state index >= 15 is 0 Å². The summed E-state index contributed by atoms with van der Waals surface area (Å²) < 4.78 is 36.2. The molecule has 0 spiro atoms. The summed E-state index contributed by atoms with van der Waals surface area (Å²) in [6, 6.07) is 0. The minimum Gasteiger partial charge on any atom is -0.296 e. The van der Waals surface area contributed by atoms with Crippen molar-refractivity contribution in [2.24, 2.45) is 0 Å². The molecule has 0 aliphatic carbocycles. The van der Waals surface area contributed by atoms with E-state index in [2.05, 4.69) is 5.10 Å². The maximum absolute atomic E-state index is 11.8. The lowest BCUT2D eigenvalue weighted by Gasteiger charge is -2.04. The minimum absolute atomic E-state index is 0.0456. The summed E-state index contributed by atoms with van der Waals surface area (Å²) in [4.78, 5) is 10.2. The quantitative estimate of drug-likeness (QED) is 0.666. The van der Waals surface area contributed by atoms with Crippen LogP contribution in [-0.4, -0.2) is 22.2 Å². The first-order valence-corrected chi connectivity index (χ1v) is 3.48. The third kappa shape index (κ3) is 2.57. The van der Waals surface area contributed by atoms with Gasteiger partial charge in [-0.2, -0.15) is 18.3 Å². The molecule has 0 aliphatic rings. The number of carbonyl (C=O) groups is 1. The lowest BCUT2D eigenvalue weighted by molar-refractivity contribution is -0.142. The number of nitrogens with zero attached hydrogens (tertiary/aromatic N) is 2. The van der Waals surface area contributed by atoms with E-state index in [1.807, 2.05) is 0 Å². The molecule has 3 nitrogen and oxygen atoms in total. The average Bonchev–Trinajstić information content (AvgIpc) is 2.26. The predicted molar refractivity (Wildman–Crippen MR) is 38.4 cm³/mol. The van der Waals surface area contributed by atoms with Gasteiger partial charge >= 0.3 is 6.18 Å². The lowest BCUT2D eigenvalue weighted by Crippen LogP contribution is -2.18. The van der Waals surface area contributed by atoms with Gasteiger partial charge in [0.15, 0.2) is 6.29 Å². The summed E-state index contributed by atoms with van der Waals surface area (Å²) in [7, 11) is 0. The Morgan fingerprint density at radius 2 is 2.23 bits per heavy atom. The first kappa shape index (κ1) is 9.76. The van der Waals surface area contributed by atoms with Gasteiger partial charge < -0.3 is 0 Å². The predicted octanol–water partition coefficient (Wildman–Crippen LogP) is 1.57. The highest BCUT2D eigenvalue weighted by Gasteiger charge is 2.28. The van der Waals surface area contributed by atoms with Gasteiger partial charge in [-0.1, -0.05) is 0 Å². The number of hydrogen-bond acceptors (Lipinski definition) is 2. The molecule has 1 aromatic rings. The van der Waals surface area contributed by atoms with Gasteiger partial charge in [0.1, 0.15) is 12.2 Å². The van der Waals surface area contributed by atoms with Crippen molar-refractivity contribution in [3.8, 4) is 0 Å². The van der Waals surface area contributed by atoms with E-state index in [0.717, 1.165) is 0 Å². The van der Waals surface area contributed by atoms with Crippen LogP contribution in [-0.2, 0) is 6.54 Å². The van der Waals surface area contributed by atoms with Crippen LogP contribution in [0.3, 0.4) is 0 Å². The fraction of sp³-hybridized carbons (Fsp3) is 0.429. The van der Waals surface area contributed by atoms with E-state index in [1.165, 1.54) is 13.1 Å². The second-order valence-corrected chi connectivity index (χ2v) is 2.63. The van der Waals surface area contributed by atoms with E-state index in [9.17, 15) is 18.0 Å². The van der Waals surface area contributed by atoms with Crippen LogP contribution in [0.4, 0.5) is 13.2 Å². The highest BCUT2D eigenvalue weighted by molar-refractivity contribution is 5.73. The maximum Gasteiger partial charge on any atom is 0.408 e. The van der Waals surface area contributed by atoms with Crippen LogP contribution in [0.5, 0.6) is 0 Å². The second-order valence-electron chi connectivity index (χ2n) is 2.63. The monoisotopic (exact) mass is 192 g/mol. The summed E-state index contributed by atoms with van der Waals surface area (Å²) in [5, 5.41) is 3.44. The van der Waals surface area contributed by atoms with Gasteiger partial charge in [-0.3, -0.25) is 9.48 Å². The van der Waals surface area contributed by atoms with Gasteiger partial charge in [0, 0.05) is 6.20 Å². The Labute approximate surface area is 72.2 Å². The normalized spacial score (nSPS) is 11.7. The number of aryl methyl sites for hydroxylation is 1. The highest BCUT2D eigenvalue weighted by atomic mass is 19.4. The minimum atomic E-state index is -4.31. The largest absolute Gasteiger partial charge is 0.408 e. The molecular weight excluding hydrogens is 185 g/mol. The molecule has 0 N–H and O–H groups in total. The van der Waals surface area contributed by atoms with Gasteiger partial charge in [-0.15, -0.1) is 0 Å². The number of aldehydes is 1. The van der Waals surface area contributed by atoms with E-state index in [1.54, 1.807) is 0 Å². The molecule has 6 heteroatoms. The Kier molecular flexibility index (Phi) is 2.40. The summed E-state index contributed by atoms with van der Waals surface area (Å²) in [6.45, 7) is 0.366. The third-order valence-electron chi connectivity index (χ3n) is 1.44. The molecule has 1 heterocycles. The zero-order chi connectivity index (χ0) is 10.1. The van der Waals surface area contributed by atoms with Crippen molar-refractivity contribution < 1.29 is 18.0 Å². The summed E-state index contributed by atoms with van der Waals surface area (Å²) in [6.07, 6.45) is -2.68. The van der Waals surface area contributed by atoms with Crippen LogP contribution in [0.15, 0.2) is 6.20 Å². The first-order valence-electron chi connectivity index (χ1n) is 3.48. The van der Waals surface area contributed by atoms with E-state index in [4.69, 9.17) is 0 Å². The highest BCUT2D eigenvalue weighted by Crippen LogP contribution is 2.17. The van der Waals surface area contributed by atoms with Crippen molar-refractivity contribution in [2.75, 3.05) is 0 Å². The number of alkyl halides is 3. The maximum atomic E-state index is 11.8. The van der Waals surface area contributed by atoms with Crippen LogP contribution in [0.25, 0.3) is 0 Å². The topological polar surface area (TPSA) is 34.9 Å². The van der Waals surface area contributed by atoms with Crippen LogP contribution in [0, 0.1) is 6.92 Å². The fourth-order valence-electron chi connectivity index (χ4n) is 0.917. The van der Waals surface area contributed by atoms with E-state index in [-0.39, 0.29) is 5.69 Å². The van der Waals surface area contributed by atoms with Gasteiger partial charge in [-0.05, 0) is 12.5 Å². The molecule has 0 fully saturated rings. The van der Waals surface area contributed by atoms with Crippen molar-refractivity contribution in [3.63, 3.8) is 0 Å². The zero-order valence-corrected chi connectivity index (χ0v) is 6.80. The number of carbonyl (C=O) groups excluding carboxylic acids is 1. The van der Waals surface area contributed by atoms with E-state index in [0.29, 0.717) is 16.5 Å². The molecule has 0 unspecified atom stereocenters. The summed E-state index contributed by atoms with van der Waals surface area (Å²) >= 11 is 0. The second kappa shape index (κ2) is 3.20. The standard InChI is InChI=1S/C7H7F3N2O/c1-5-2-12(4-7(8,9)10)11-6(5)3-13/h2-3H,4H2,1H3. The smallest absolute Gasteiger partial charge is 0.296 e. The first-order chi connectivity index (χ1) is 5.92. The molecule has 0 atom stereocenters. The fourth-order valence-corrected chi connectivity index (χ4v) is 0.917. The molecule has 0 aliphatic heterocycles. The molecule has 13 heavy (non-hydrogen) atoms. The lowest BCUT2D eigenvalue weighted by atomic mass is 10.3. The summed E-state index contributed by atoms with van der Waals surface area (Å²) in [5.41, 5.74) is 0.489. The molecule has 1 rings (SSSR count). The Balaban J connectivity index is 2.85. The molecule has 0 saturated heterocycles. The zero-order valence-electron chi connectivity index (χ0n) is 6.80. The molecular formula is C7H7F3N2O. The van der Waals surface area contributed by atoms with Crippen LogP contribution < -0.4 is 0 Å². The Hall–Kier alpha value is -1.33. The van der Waals surface area contributed by atoms with Crippen LogP contribution >= 0.6 is 0 Å². The van der Waals surface area contributed by atoms with Crippen molar-refractivity contribution in [1.29, 1.82) is 0 Å². The third-order valence-corrected chi connectivity index (χ3v) is 1.44. The van der Waals surface area contributed by atoms with Crippen molar-refractivity contribution in [3.05, 3.63) is 17.5 Å². The molecule has 0 aromatic carbocycles. The number of rotatable bonds is 2. The number of aromatic nitrogens is 2. The van der Waals surface area contributed by atoms with Crippen molar-refractivity contribution in [2.45, 2.75) is 19.6 Å². The summed E-state index contributed by atoms with van der Waals surface area (Å²) in [5.74, 6) is 0. The molecule has 0 radical (unpaired) electrons. The van der Waals surface area contributed by atoms with Crippen molar-refractivity contribution in [1.82, 2.24) is 9.78 Å². The SMILES string of the molecule is Cc1cn(CC(F)(F)F)nc1C=O. The average molecular weight is 192 g/mol. The Morgan fingerprint density at radius 3 is 2.62 bits per heavy atom.